The third kappa shape index (κ3) is 4.08. The first-order chi connectivity index (χ1) is 10.1. The number of hydrogen-bond donors (Lipinski definition) is 2. The summed E-state index contributed by atoms with van der Waals surface area (Å²) in [7, 11) is 0. The summed E-state index contributed by atoms with van der Waals surface area (Å²) in [5.41, 5.74) is -0.462. The van der Waals surface area contributed by atoms with Gasteiger partial charge in [0.2, 0.25) is 5.91 Å². The van der Waals surface area contributed by atoms with Crippen molar-refractivity contribution in [3.8, 4) is 0 Å². The monoisotopic (exact) mass is 323 g/mol. The van der Waals surface area contributed by atoms with E-state index in [0.717, 1.165) is 19.3 Å². The molecule has 1 atom stereocenters. The lowest BCUT2D eigenvalue weighted by molar-refractivity contribution is -0.142. The van der Waals surface area contributed by atoms with Gasteiger partial charge in [0.1, 0.15) is 0 Å². The molecule has 0 aromatic heterocycles. The molecule has 0 spiro atoms. The minimum Gasteiger partial charge on any atom is -0.335 e. The molecule has 0 bridgehead atoms. The number of carbonyl (C=O) groups excluding carboxylic acids is 1. The fourth-order valence-electron chi connectivity index (χ4n) is 5.30. The third-order valence-corrected chi connectivity index (χ3v) is 5.26. The van der Waals surface area contributed by atoms with Crippen molar-refractivity contribution in [1.29, 1.82) is 0 Å². The Labute approximate surface area is 142 Å². The van der Waals surface area contributed by atoms with E-state index in [2.05, 4.69) is 64.0 Å². The Morgan fingerprint density at radius 1 is 0.826 bits per heavy atom. The first-order valence-electron chi connectivity index (χ1n) is 9.06. The SMILES string of the molecule is CC1CC(C)(C)NC(C)(C)C(=O)N1C1CC(C)(C)NC(C)(C)C1. The molecular weight excluding hydrogens is 286 g/mol. The van der Waals surface area contributed by atoms with Crippen LogP contribution in [0.15, 0.2) is 0 Å². The van der Waals surface area contributed by atoms with Gasteiger partial charge in [0, 0.05) is 28.7 Å². The normalized spacial score (nSPS) is 33.3. The van der Waals surface area contributed by atoms with Gasteiger partial charge in [0.25, 0.3) is 0 Å². The average Bonchev–Trinajstić information content (AvgIpc) is 2.26. The summed E-state index contributed by atoms with van der Waals surface area (Å²) in [6.07, 6.45) is 2.99. The molecule has 0 aromatic rings. The van der Waals surface area contributed by atoms with Gasteiger partial charge in [-0.3, -0.25) is 10.1 Å². The molecule has 23 heavy (non-hydrogen) atoms. The van der Waals surface area contributed by atoms with Crippen LogP contribution in [0.25, 0.3) is 0 Å². The van der Waals surface area contributed by atoms with Crippen LogP contribution in [-0.2, 0) is 4.79 Å². The van der Waals surface area contributed by atoms with E-state index in [1.54, 1.807) is 0 Å². The fourth-order valence-corrected chi connectivity index (χ4v) is 5.30. The lowest BCUT2D eigenvalue weighted by Crippen LogP contribution is -2.65. The summed E-state index contributed by atoms with van der Waals surface area (Å²) in [5.74, 6) is 0.245. The molecule has 2 aliphatic heterocycles. The van der Waals surface area contributed by atoms with Crippen LogP contribution in [0, 0.1) is 0 Å². The minimum atomic E-state index is -0.520. The number of rotatable bonds is 1. The maximum absolute atomic E-state index is 13.3. The number of hydrogen-bond acceptors (Lipinski definition) is 3. The summed E-state index contributed by atoms with van der Waals surface area (Å²) in [6, 6.07) is 0.542. The highest BCUT2D eigenvalue weighted by Gasteiger charge is 2.48. The standard InChI is InChI=1S/C19H37N3O/c1-13-10-16(2,3)21-19(8,9)15(23)22(13)14-11-17(4,5)20-18(6,7)12-14/h13-14,20-21H,10-12H2,1-9H3. The van der Waals surface area contributed by atoms with E-state index in [1.807, 2.05) is 13.8 Å². The van der Waals surface area contributed by atoms with Crippen LogP contribution in [0.1, 0.15) is 81.6 Å². The Bertz CT molecular complexity index is 463. The Morgan fingerprint density at radius 3 is 1.74 bits per heavy atom. The van der Waals surface area contributed by atoms with Crippen molar-refractivity contribution in [3.05, 3.63) is 0 Å². The molecule has 2 aliphatic rings. The quantitative estimate of drug-likeness (QED) is 0.779. The van der Waals surface area contributed by atoms with Gasteiger partial charge >= 0.3 is 0 Å². The van der Waals surface area contributed by atoms with Crippen LogP contribution in [0.3, 0.4) is 0 Å². The maximum Gasteiger partial charge on any atom is 0.242 e. The fraction of sp³-hybridized carbons (Fsp3) is 0.947. The van der Waals surface area contributed by atoms with E-state index >= 15 is 0 Å². The second-order valence-electron chi connectivity index (χ2n) is 10.4. The molecule has 0 aliphatic carbocycles. The molecule has 0 radical (unpaired) electrons. The van der Waals surface area contributed by atoms with Crippen LogP contribution in [0.2, 0.25) is 0 Å². The summed E-state index contributed by atoms with van der Waals surface area (Å²) >= 11 is 0. The Kier molecular flexibility index (Phi) is 4.44. The van der Waals surface area contributed by atoms with Crippen LogP contribution in [0.5, 0.6) is 0 Å². The third-order valence-electron chi connectivity index (χ3n) is 5.26. The largest absolute Gasteiger partial charge is 0.335 e. The first kappa shape index (κ1) is 18.7. The van der Waals surface area contributed by atoms with Gasteiger partial charge in [0.15, 0.2) is 0 Å². The predicted octanol–water partition coefficient (Wildman–Crippen LogP) is 3.06. The highest BCUT2D eigenvalue weighted by molar-refractivity contribution is 5.86. The Morgan fingerprint density at radius 2 is 1.26 bits per heavy atom. The van der Waals surface area contributed by atoms with Gasteiger partial charge in [-0.05, 0) is 81.6 Å². The molecule has 0 saturated carbocycles. The number of carbonyl (C=O) groups is 1. The second-order valence-corrected chi connectivity index (χ2v) is 10.4. The van der Waals surface area contributed by atoms with Crippen molar-refractivity contribution in [2.45, 2.75) is 116 Å². The van der Waals surface area contributed by atoms with Crippen molar-refractivity contribution in [1.82, 2.24) is 15.5 Å². The molecule has 134 valence electrons. The highest BCUT2D eigenvalue weighted by Crippen LogP contribution is 2.36. The summed E-state index contributed by atoms with van der Waals surface area (Å²) in [6.45, 7) is 19.7. The van der Waals surface area contributed by atoms with Gasteiger partial charge in [-0.25, -0.2) is 0 Å². The molecular formula is C19H37N3O. The molecule has 1 unspecified atom stereocenters. The molecule has 2 saturated heterocycles. The molecule has 2 fully saturated rings. The number of nitrogens with one attached hydrogen (secondary N) is 2. The minimum absolute atomic E-state index is 0.0364. The number of nitrogens with zero attached hydrogens (tertiary/aromatic N) is 1. The lowest BCUT2D eigenvalue weighted by Gasteiger charge is -2.51. The first-order valence-corrected chi connectivity index (χ1v) is 9.06. The van der Waals surface area contributed by atoms with Gasteiger partial charge in [-0.2, -0.15) is 0 Å². The second kappa shape index (κ2) is 5.45. The van der Waals surface area contributed by atoms with Gasteiger partial charge in [-0.1, -0.05) is 0 Å². The lowest BCUT2D eigenvalue weighted by atomic mass is 9.78. The van der Waals surface area contributed by atoms with Gasteiger partial charge in [0.05, 0.1) is 5.54 Å². The molecule has 4 heteroatoms. The van der Waals surface area contributed by atoms with Gasteiger partial charge in [-0.15, -0.1) is 0 Å². The molecule has 0 aromatic carbocycles. The van der Waals surface area contributed by atoms with Gasteiger partial charge < -0.3 is 10.2 Å². The van der Waals surface area contributed by atoms with Crippen molar-refractivity contribution in [3.63, 3.8) is 0 Å². The molecule has 1 amide bonds. The van der Waals surface area contributed by atoms with Crippen LogP contribution < -0.4 is 10.6 Å². The molecule has 4 nitrogen and oxygen atoms in total. The van der Waals surface area contributed by atoms with E-state index in [-0.39, 0.29) is 28.6 Å². The Balaban J connectivity index is 2.37. The van der Waals surface area contributed by atoms with E-state index < -0.39 is 5.54 Å². The molecule has 2 heterocycles. The summed E-state index contributed by atoms with van der Waals surface area (Å²) < 4.78 is 0. The smallest absolute Gasteiger partial charge is 0.242 e. The van der Waals surface area contributed by atoms with E-state index in [1.165, 1.54) is 0 Å². The molecule has 2 N–H and O–H groups in total. The predicted molar refractivity (Wildman–Crippen MR) is 96.5 cm³/mol. The van der Waals surface area contributed by atoms with E-state index in [9.17, 15) is 4.79 Å². The zero-order valence-corrected chi connectivity index (χ0v) is 16.6. The van der Waals surface area contributed by atoms with Crippen LogP contribution >= 0.6 is 0 Å². The highest BCUT2D eigenvalue weighted by atomic mass is 16.2. The topological polar surface area (TPSA) is 44.4 Å². The van der Waals surface area contributed by atoms with Crippen molar-refractivity contribution in [2.24, 2.45) is 0 Å². The number of piperidine rings is 1. The van der Waals surface area contributed by atoms with Crippen LogP contribution in [-0.4, -0.2) is 45.0 Å². The molecule has 2 rings (SSSR count). The Hall–Kier alpha value is -0.610. The summed E-state index contributed by atoms with van der Waals surface area (Å²) in [5, 5.41) is 7.31. The van der Waals surface area contributed by atoms with Crippen LogP contribution in [0.4, 0.5) is 0 Å². The van der Waals surface area contributed by atoms with E-state index in [4.69, 9.17) is 0 Å². The number of amides is 1. The van der Waals surface area contributed by atoms with Crippen molar-refractivity contribution >= 4 is 5.91 Å². The average molecular weight is 324 g/mol. The van der Waals surface area contributed by atoms with E-state index in [0.29, 0.717) is 6.04 Å². The maximum atomic E-state index is 13.3. The zero-order chi connectivity index (χ0) is 17.8. The van der Waals surface area contributed by atoms with Crippen molar-refractivity contribution < 1.29 is 4.79 Å². The zero-order valence-electron chi connectivity index (χ0n) is 16.6. The van der Waals surface area contributed by atoms with Crippen molar-refractivity contribution in [2.75, 3.05) is 0 Å². The summed E-state index contributed by atoms with van der Waals surface area (Å²) in [4.78, 5) is 15.5.